The molecule has 1 aliphatic heterocycles. The Bertz CT molecular complexity index is 956. The minimum atomic E-state index is -3.96. The number of sulfonamides is 1. The van der Waals surface area contributed by atoms with E-state index in [-0.39, 0.29) is 23.9 Å². The second kappa shape index (κ2) is 7.40. The van der Waals surface area contributed by atoms with Crippen LogP contribution in [-0.2, 0) is 14.8 Å². The van der Waals surface area contributed by atoms with Gasteiger partial charge in [-0.25, -0.2) is 12.8 Å². The van der Waals surface area contributed by atoms with Gasteiger partial charge in [-0.2, -0.15) is 4.31 Å². The van der Waals surface area contributed by atoms with E-state index in [2.05, 4.69) is 19.2 Å². The summed E-state index contributed by atoms with van der Waals surface area (Å²) < 4.78 is 41.1. The van der Waals surface area contributed by atoms with Crippen LogP contribution in [-0.4, -0.2) is 31.7 Å². The fraction of sp³-hybridized carbons (Fsp3) is 0.350. The first-order valence-electron chi connectivity index (χ1n) is 8.87. The highest BCUT2D eigenvalue weighted by molar-refractivity contribution is 7.89. The smallest absolute Gasteiger partial charge is 0.244 e. The topological polar surface area (TPSA) is 66.5 Å². The van der Waals surface area contributed by atoms with Gasteiger partial charge in [0.1, 0.15) is 11.9 Å². The third-order valence-corrected chi connectivity index (χ3v) is 6.83. The number of amides is 1. The van der Waals surface area contributed by atoms with Gasteiger partial charge in [-0.1, -0.05) is 38.1 Å². The average molecular weight is 390 g/mol. The van der Waals surface area contributed by atoms with E-state index in [1.54, 1.807) is 19.1 Å². The van der Waals surface area contributed by atoms with Gasteiger partial charge in [-0.3, -0.25) is 4.79 Å². The summed E-state index contributed by atoms with van der Waals surface area (Å²) in [5.74, 6) is -0.522. The molecule has 0 saturated carbocycles. The lowest BCUT2D eigenvalue weighted by molar-refractivity contribution is -0.126. The summed E-state index contributed by atoms with van der Waals surface area (Å²) in [5.41, 5.74) is 2.04. The zero-order chi connectivity index (χ0) is 19.8. The lowest BCUT2D eigenvalue weighted by Gasteiger charge is -2.34. The Labute approximate surface area is 159 Å². The van der Waals surface area contributed by atoms with Crippen LogP contribution in [0.25, 0.3) is 0 Å². The van der Waals surface area contributed by atoms with Gasteiger partial charge >= 0.3 is 0 Å². The molecule has 0 radical (unpaired) electrons. The highest BCUT2D eigenvalue weighted by atomic mass is 32.2. The normalized spacial score (nSPS) is 18.6. The zero-order valence-corrected chi connectivity index (χ0v) is 16.4. The van der Waals surface area contributed by atoms with Crippen LogP contribution in [0.2, 0.25) is 0 Å². The van der Waals surface area contributed by atoms with E-state index < -0.39 is 21.9 Å². The molecule has 1 unspecified atom stereocenters. The molecule has 2 aromatic rings. The Balaban J connectivity index is 2.04. The van der Waals surface area contributed by atoms with Crippen molar-refractivity contribution in [1.82, 2.24) is 9.62 Å². The van der Waals surface area contributed by atoms with E-state index in [1.165, 1.54) is 16.4 Å². The zero-order valence-electron chi connectivity index (χ0n) is 15.6. The first kappa shape index (κ1) is 19.5. The summed E-state index contributed by atoms with van der Waals surface area (Å²) in [6, 6.07) is 10.0. The van der Waals surface area contributed by atoms with E-state index in [1.807, 2.05) is 12.1 Å². The molecule has 5 nitrogen and oxygen atoms in total. The molecule has 1 amide bonds. The van der Waals surface area contributed by atoms with Gasteiger partial charge in [0.2, 0.25) is 15.9 Å². The molecule has 1 aliphatic rings. The van der Waals surface area contributed by atoms with Crippen LogP contribution in [0.5, 0.6) is 0 Å². The molecule has 1 atom stereocenters. The summed E-state index contributed by atoms with van der Waals surface area (Å²) in [6.45, 7) is 6.07. The summed E-state index contributed by atoms with van der Waals surface area (Å²) in [4.78, 5) is 12.6. The molecule has 0 spiro atoms. The van der Waals surface area contributed by atoms with Gasteiger partial charge in [0.25, 0.3) is 0 Å². The quantitative estimate of drug-likeness (QED) is 0.872. The minimum Gasteiger partial charge on any atom is -0.353 e. The third kappa shape index (κ3) is 3.75. The number of nitrogens with zero attached hydrogens (tertiary/aromatic N) is 1. The van der Waals surface area contributed by atoms with Gasteiger partial charge in [0, 0.05) is 13.1 Å². The summed E-state index contributed by atoms with van der Waals surface area (Å²) >= 11 is 0. The molecule has 0 bridgehead atoms. The molecule has 144 valence electrons. The number of benzene rings is 2. The molecule has 7 heteroatoms. The maximum Gasteiger partial charge on any atom is 0.244 e. The number of carbonyl (C=O) groups excluding carboxylic acids is 1. The molecule has 2 aromatic carbocycles. The Morgan fingerprint density at radius 1 is 1.15 bits per heavy atom. The van der Waals surface area contributed by atoms with Gasteiger partial charge in [0.15, 0.2) is 0 Å². The van der Waals surface area contributed by atoms with Gasteiger partial charge in [-0.15, -0.1) is 0 Å². The standard InChI is InChI=1S/C20H23FN2O3S/c1-13(2)15-4-6-16(7-5-15)19-20(24)22-10-11-23(19)27(25,26)18-9-8-17(21)12-14(18)3/h4-9,12-13,19H,10-11H2,1-3H3,(H,22,24). The number of hydrogen-bond donors (Lipinski definition) is 1. The monoisotopic (exact) mass is 390 g/mol. The van der Waals surface area contributed by atoms with E-state index in [0.29, 0.717) is 17.0 Å². The molecular formula is C20H23FN2O3S. The van der Waals surface area contributed by atoms with Crippen molar-refractivity contribution < 1.29 is 17.6 Å². The lowest BCUT2D eigenvalue weighted by atomic mass is 9.98. The van der Waals surface area contributed by atoms with E-state index in [9.17, 15) is 17.6 Å². The number of aryl methyl sites for hydroxylation is 1. The summed E-state index contributed by atoms with van der Waals surface area (Å²) in [6.07, 6.45) is 0. The highest BCUT2D eigenvalue weighted by Gasteiger charge is 2.40. The summed E-state index contributed by atoms with van der Waals surface area (Å²) in [5, 5.41) is 2.74. The van der Waals surface area contributed by atoms with Crippen molar-refractivity contribution in [3.63, 3.8) is 0 Å². The Morgan fingerprint density at radius 2 is 1.81 bits per heavy atom. The van der Waals surface area contributed by atoms with Crippen molar-refractivity contribution in [2.45, 2.75) is 37.6 Å². The maximum atomic E-state index is 13.4. The fourth-order valence-electron chi connectivity index (χ4n) is 3.31. The van der Waals surface area contributed by atoms with Crippen LogP contribution in [0.1, 0.15) is 42.5 Å². The van der Waals surface area contributed by atoms with E-state index in [4.69, 9.17) is 0 Å². The van der Waals surface area contributed by atoms with Crippen LogP contribution in [0.4, 0.5) is 4.39 Å². The van der Waals surface area contributed by atoms with Crippen molar-refractivity contribution >= 4 is 15.9 Å². The summed E-state index contributed by atoms with van der Waals surface area (Å²) in [7, 11) is -3.96. The molecule has 1 saturated heterocycles. The van der Waals surface area contributed by atoms with Gasteiger partial charge in [0.05, 0.1) is 4.90 Å². The number of rotatable bonds is 4. The molecular weight excluding hydrogens is 367 g/mol. The minimum absolute atomic E-state index is 0.0161. The molecule has 0 aliphatic carbocycles. The Hall–Kier alpha value is -2.25. The molecule has 27 heavy (non-hydrogen) atoms. The Morgan fingerprint density at radius 3 is 2.41 bits per heavy atom. The number of piperazine rings is 1. The second-order valence-corrected chi connectivity index (χ2v) is 8.90. The van der Waals surface area contributed by atoms with Crippen LogP contribution >= 0.6 is 0 Å². The van der Waals surface area contributed by atoms with Crippen LogP contribution in [0.15, 0.2) is 47.4 Å². The van der Waals surface area contributed by atoms with E-state index in [0.717, 1.165) is 11.6 Å². The third-order valence-electron chi connectivity index (χ3n) is 4.81. The number of carbonyl (C=O) groups is 1. The first-order valence-corrected chi connectivity index (χ1v) is 10.3. The molecule has 1 fully saturated rings. The van der Waals surface area contributed by atoms with Crippen LogP contribution in [0, 0.1) is 12.7 Å². The Kier molecular flexibility index (Phi) is 5.35. The van der Waals surface area contributed by atoms with Gasteiger partial charge in [-0.05, 0) is 47.7 Å². The van der Waals surface area contributed by atoms with Crippen molar-refractivity contribution in [1.29, 1.82) is 0 Å². The lowest BCUT2D eigenvalue weighted by Crippen LogP contribution is -2.52. The first-order chi connectivity index (χ1) is 12.7. The van der Waals surface area contributed by atoms with Crippen molar-refractivity contribution in [3.8, 4) is 0 Å². The maximum absolute atomic E-state index is 13.4. The molecule has 1 N–H and O–H groups in total. The average Bonchev–Trinajstić information content (AvgIpc) is 2.61. The van der Waals surface area contributed by atoms with Crippen molar-refractivity contribution in [3.05, 3.63) is 65.0 Å². The van der Waals surface area contributed by atoms with Crippen LogP contribution < -0.4 is 5.32 Å². The van der Waals surface area contributed by atoms with Crippen molar-refractivity contribution in [2.24, 2.45) is 0 Å². The highest BCUT2D eigenvalue weighted by Crippen LogP contribution is 2.31. The predicted molar refractivity (Wildman–Crippen MR) is 101 cm³/mol. The van der Waals surface area contributed by atoms with Crippen molar-refractivity contribution in [2.75, 3.05) is 13.1 Å². The predicted octanol–water partition coefficient (Wildman–Crippen LogP) is 3.12. The molecule has 1 heterocycles. The van der Waals surface area contributed by atoms with Crippen LogP contribution in [0.3, 0.4) is 0 Å². The molecule has 0 aromatic heterocycles. The number of hydrogen-bond acceptors (Lipinski definition) is 3. The van der Waals surface area contributed by atoms with Gasteiger partial charge < -0.3 is 5.32 Å². The largest absolute Gasteiger partial charge is 0.353 e. The fourth-order valence-corrected chi connectivity index (χ4v) is 5.10. The molecule has 3 rings (SSSR count). The number of nitrogens with one attached hydrogen (secondary N) is 1. The second-order valence-electron chi connectivity index (χ2n) is 7.04. The SMILES string of the molecule is Cc1cc(F)ccc1S(=O)(=O)N1CCNC(=O)C1c1ccc(C(C)C)cc1. The van der Waals surface area contributed by atoms with E-state index >= 15 is 0 Å². The number of halogens is 1.